The number of nitrogens with one attached hydrogen (secondary N) is 11. The van der Waals surface area contributed by atoms with Crippen molar-refractivity contribution in [2.45, 2.75) is 245 Å². The third-order valence-electron chi connectivity index (χ3n) is 17.5. The van der Waals surface area contributed by atoms with Crippen LogP contribution in [0.25, 0.3) is 0 Å². The Morgan fingerprint density at radius 1 is 0.532 bits per heavy atom. The van der Waals surface area contributed by atoms with Crippen LogP contribution in [0.3, 0.4) is 0 Å². The Hall–Kier alpha value is -7.50. The molecule has 0 radical (unpaired) electrons. The Labute approximate surface area is 555 Å². The molecule has 1 aliphatic heterocycles. The third kappa shape index (κ3) is 28.2. The molecule has 2 rings (SSSR count). The summed E-state index contributed by atoms with van der Waals surface area (Å²) in [5, 5.41) is 30.7. The number of carbonyl (C=O) groups is 11. The fourth-order valence-corrected chi connectivity index (χ4v) is 10.4. The number of hydrogen-bond donors (Lipinski definition) is 16. The maximum atomic E-state index is 14.7. The summed E-state index contributed by atoms with van der Waals surface area (Å²) in [5.74, 6) is -10.3. The van der Waals surface area contributed by atoms with Crippen molar-refractivity contribution in [3.63, 3.8) is 0 Å². The lowest BCUT2D eigenvalue weighted by molar-refractivity contribution is -0.157. The predicted molar refractivity (Wildman–Crippen MR) is 360 cm³/mol. The molecule has 29 heteroatoms. The minimum absolute atomic E-state index is 0.00831. The van der Waals surface area contributed by atoms with Crippen LogP contribution in [-0.4, -0.2) is 177 Å². The standard InChI is InChI=1S/C65H115N17O12/c1-12-37(5)49(79-59(88)48(71-11)36-43-26-17-16-18-27-43)60(89)76-44(28-19-22-32-66)55(84)75-45(29-20-23-33-67)56(85)78-51(39(7)14-3)62(91)80-50(38(6)13-2)61(90)77-46(30-21-24-34-68)58(87)82-53-42(10)94-64(93)52(40(8)15-4)81-57(86)47(31-25-35-72-65(69)70)74-54(83)41(9)73-63(53)92/h16-18,26-27,37-42,44-53,71H,12-15,19-25,28-36,66-68H2,1-11H3,(H,73,92)(H,74,83)(H,75,84)(H,76,89)(H,77,90)(H,78,85)(H,79,88)(H,80,91)(H,81,86)(H,82,87)(H4,69,70,72)/t37-,38-,39-,40-,41-,42-,44-,45+,46-,47-,48+,49-,50-,51+,52-,53+/m0/s1. The summed E-state index contributed by atoms with van der Waals surface area (Å²) in [6.45, 7) is 18.0. The zero-order valence-electron chi connectivity index (χ0n) is 57.5. The second-order valence-corrected chi connectivity index (χ2v) is 24.9. The number of cyclic esters (lactones) is 1. The van der Waals surface area contributed by atoms with Gasteiger partial charge in [0.15, 0.2) is 5.96 Å². The lowest BCUT2D eigenvalue weighted by Gasteiger charge is -2.32. The fraction of sp³-hybridized carbons (Fsp3) is 0.723. The van der Waals surface area contributed by atoms with Gasteiger partial charge in [-0.05, 0) is 147 Å². The van der Waals surface area contributed by atoms with Gasteiger partial charge in [-0.3, -0.25) is 52.9 Å². The number of ether oxygens (including phenoxy) is 1. The molecule has 1 aromatic rings. The van der Waals surface area contributed by atoms with Crippen molar-refractivity contribution >= 4 is 71.0 Å². The molecule has 0 bridgehead atoms. The summed E-state index contributed by atoms with van der Waals surface area (Å²) >= 11 is 0. The monoisotopic (exact) mass is 1330 g/mol. The van der Waals surface area contributed by atoms with Crippen molar-refractivity contribution < 1.29 is 57.5 Å². The summed E-state index contributed by atoms with van der Waals surface area (Å²) in [6, 6.07) is -4.03. The summed E-state index contributed by atoms with van der Waals surface area (Å²) < 4.78 is 5.85. The maximum absolute atomic E-state index is 14.7. The summed E-state index contributed by atoms with van der Waals surface area (Å²) in [4.78, 5) is 161. The molecule has 0 aromatic heterocycles. The summed E-state index contributed by atoms with van der Waals surface area (Å²) in [5.41, 5.74) is 29.5. The first-order chi connectivity index (χ1) is 44.7. The Balaban J connectivity index is 2.53. The first kappa shape index (κ1) is 82.6. The molecule has 10 amide bonds. The van der Waals surface area contributed by atoms with Gasteiger partial charge in [-0.1, -0.05) is 111 Å². The molecule has 0 saturated carbocycles. The molecule has 29 nitrogen and oxygen atoms in total. The molecule has 0 aliphatic carbocycles. The zero-order valence-corrected chi connectivity index (χ0v) is 57.5. The molecule has 1 aliphatic rings. The average Bonchev–Trinajstić information content (AvgIpc) is 1.69. The molecule has 1 saturated heterocycles. The van der Waals surface area contributed by atoms with Gasteiger partial charge in [0.1, 0.15) is 66.5 Å². The number of amides is 10. The van der Waals surface area contributed by atoms with Gasteiger partial charge in [0, 0.05) is 6.54 Å². The van der Waals surface area contributed by atoms with E-state index in [-0.39, 0.29) is 63.6 Å². The largest absolute Gasteiger partial charge is 0.458 e. The first-order valence-electron chi connectivity index (χ1n) is 33.8. The van der Waals surface area contributed by atoms with Crippen LogP contribution in [0.15, 0.2) is 35.3 Å². The van der Waals surface area contributed by atoms with Crippen LogP contribution < -0.4 is 87.2 Å². The normalized spacial score (nSPS) is 20.5. The maximum Gasteiger partial charge on any atom is 0.329 e. The van der Waals surface area contributed by atoms with Crippen molar-refractivity contribution in [1.82, 2.24) is 58.5 Å². The van der Waals surface area contributed by atoms with Crippen molar-refractivity contribution in [3.8, 4) is 0 Å². The van der Waals surface area contributed by atoms with Gasteiger partial charge in [0.25, 0.3) is 0 Å². The molecule has 532 valence electrons. The molecule has 94 heavy (non-hydrogen) atoms. The van der Waals surface area contributed by atoms with E-state index >= 15 is 0 Å². The molecule has 16 atom stereocenters. The number of guanidine groups is 1. The Morgan fingerprint density at radius 3 is 1.41 bits per heavy atom. The number of aliphatic imine (C=N–C) groups is 1. The fourth-order valence-electron chi connectivity index (χ4n) is 10.4. The van der Waals surface area contributed by atoms with Gasteiger partial charge in [-0.25, -0.2) is 4.79 Å². The summed E-state index contributed by atoms with van der Waals surface area (Å²) in [6.07, 6.45) is 3.68. The smallest absolute Gasteiger partial charge is 0.329 e. The van der Waals surface area contributed by atoms with Crippen LogP contribution >= 0.6 is 0 Å². The van der Waals surface area contributed by atoms with E-state index < -0.39 is 155 Å². The minimum Gasteiger partial charge on any atom is -0.458 e. The SMILES string of the molecule is CC[C@H](C)[C@H](NC(=O)[C@@H](Cc1ccccc1)NC)C(=O)N[C@@H](CCCCN)C(=O)N[C@H](CCCCN)C(=O)N[C@@H](C(=O)N[C@H](C(=O)N[C@@H](CCCCN)C(=O)N[C@H]1C(=O)N[C@@H](C)C(=O)N[C@@H](CCCN=C(N)N)C(=O)N[C@@H]([C@@H](C)CC)C(=O)O[C@H]1C)[C@@H](C)CC)[C@@H](C)CC. The number of esters is 1. The molecule has 0 unspecified atom stereocenters. The molecule has 1 aromatic carbocycles. The van der Waals surface area contributed by atoms with E-state index in [1.807, 2.05) is 51.1 Å². The van der Waals surface area contributed by atoms with Crippen molar-refractivity contribution in [1.29, 1.82) is 0 Å². The first-order valence-corrected chi connectivity index (χ1v) is 33.8. The number of benzene rings is 1. The quantitative estimate of drug-likeness (QED) is 0.0166. The molecule has 1 heterocycles. The van der Waals surface area contributed by atoms with Crippen LogP contribution in [0.2, 0.25) is 0 Å². The van der Waals surface area contributed by atoms with E-state index in [4.69, 9.17) is 33.4 Å². The average molecular weight is 1330 g/mol. The lowest BCUT2D eigenvalue weighted by Crippen LogP contribution is -2.63. The van der Waals surface area contributed by atoms with Crippen LogP contribution in [0.1, 0.15) is 171 Å². The van der Waals surface area contributed by atoms with Crippen LogP contribution in [0.5, 0.6) is 0 Å². The van der Waals surface area contributed by atoms with Crippen LogP contribution in [0, 0.1) is 23.7 Å². The highest BCUT2D eigenvalue weighted by atomic mass is 16.5. The Bertz CT molecular complexity index is 2600. The number of nitrogens with two attached hydrogens (primary N) is 5. The Kier molecular flexibility index (Phi) is 38.9. The number of nitrogens with zero attached hydrogens (tertiary/aromatic N) is 1. The predicted octanol–water partition coefficient (Wildman–Crippen LogP) is -0.745. The van der Waals surface area contributed by atoms with E-state index in [2.05, 4.69) is 63.5 Å². The number of carbonyl (C=O) groups excluding carboxylic acids is 11. The van der Waals surface area contributed by atoms with E-state index in [0.29, 0.717) is 77.2 Å². The van der Waals surface area contributed by atoms with Crippen LogP contribution in [0.4, 0.5) is 0 Å². The van der Waals surface area contributed by atoms with Crippen molar-refractivity contribution in [3.05, 3.63) is 35.9 Å². The molecule has 21 N–H and O–H groups in total. The second-order valence-electron chi connectivity index (χ2n) is 24.9. The topological polar surface area (TPSA) is 472 Å². The van der Waals surface area contributed by atoms with Gasteiger partial charge < -0.3 is 91.9 Å². The number of likely N-dealkylation sites (N-methyl/N-ethyl adjacent to an activating group) is 1. The highest BCUT2D eigenvalue weighted by Crippen LogP contribution is 2.19. The molecular formula is C65H115N17O12. The summed E-state index contributed by atoms with van der Waals surface area (Å²) in [7, 11) is 1.66. The molecular weight excluding hydrogens is 1210 g/mol. The minimum atomic E-state index is -1.66. The van der Waals surface area contributed by atoms with E-state index in [1.165, 1.54) is 13.8 Å². The molecule has 0 spiro atoms. The number of hydrogen-bond acceptors (Lipinski definition) is 17. The van der Waals surface area contributed by atoms with Gasteiger partial charge >= 0.3 is 5.97 Å². The van der Waals surface area contributed by atoms with E-state index in [1.54, 1.807) is 41.7 Å². The second kappa shape index (κ2) is 44.2. The van der Waals surface area contributed by atoms with Gasteiger partial charge in [-0.15, -0.1) is 0 Å². The third-order valence-corrected chi connectivity index (χ3v) is 17.5. The van der Waals surface area contributed by atoms with E-state index in [0.717, 1.165) is 5.56 Å². The van der Waals surface area contributed by atoms with Crippen LogP contribution in [-0.2, 0) is 63.9 Å². The zero-order chi connectivity index (χ0) is 70.6. The van der Waals surface area contributed by atoms with Gasteiger partial charge in [0.2, 0.25) is 59.1 Å². The highest BCUT2D eigenvalue weighted by Gasteiger charge is 2.41. The van der Waals surface area contributed by atoms with Crippen molar-refractivity contribution in [2.75, 3.05) is 33.2 Å². The van der Waals surface area contributed by atoms with E-state index in [9.17, 15) is 52.7 Å². The van der Waals surface area contributed by atoms with Crippen molar-refractivity contribution in [2.24, 2.45) is 57.3 Å². The number of unbranched alkanes of at least 4 members (excludes halogenated alkanes) is 3. The van der Waals surface area contributed by atoms with Gasteiger partial charge in [0.05, 0.1) is 6.04 Å². The highest BCUT2D eigenvalue weighted by molar-refractivity contribution is 5.99. The van der Waals surface area contributed by atoms with Gasteiger partial charge in [-0.2, -0.15) is 0 Å². The lowest BCUT2D eigenvalue weighted by atomic mass is 9.94. The number of rotatable bonds is 41. The Morgan fingerprint density at radius 2 is 0.968 bits per heavy atom. The molecule has 1 fully saturated rings.